The summed E-state index contributed by atoms with van der Waals surface area (Å²) < 4.78 is 0. The van der Waals surface area contributed by atoms with Crippen LogP contribution in [0.15, 0.2) is 11.6 Å². The molecule has 1 atom stereocenters. The number of hydrogen-bond donors (Lipinski definition) is 0. The Bertz CT molecular complexity index is 203. The van der Waals surface area contributed by atoms with Crippen LogP contribution in [0.5, 0.6) is 0 Å². The van der Waals surface area contributed by atoms with E-state index in [0.717, 1.165) is 12.8 Å². The zero-order valence-corrected chi connectivity index (χ0v) is 6.81. The van der Waals surface area contributed by atoms with E-state index in [1.54, 1.807) is 0 Å². The van der Waals surface area contributed by atoms with Crippen LogP contribution in [0.2, 0.25) is 0 Å². The molecule has 1 heteroatoms. The van der Waals surface area contributed by atoms with Crippen molar-refractivity contribution < 1.29 is 4.79 Å². The van der Waals surface area contributed by atoms with Crippen LogP contribution >= 0.6 is 0 Å². The first-order valence-corrected chi connectivity index (χ1v) is 4.59. The summed E-state index contributed by atoms with van der Waals surface area (Å²) in [6.07, 6.45) is 9.29. The Hall–Kier alpha value is -0.590. The maximum atomic E-state index is 11.1. The van der Waals surface area contributed by atoms with E-state index >= 15 is 0 Å². The van der Waals surface area contributed by atoms with Gasteiger partial charge in [-0.15, -0.1) is 0 Å². The lowest BCUT2D eigenvalue weighted by Gasteiger charge is -2.28. The van der Waals surface area contributed by atoms with Gasteiger partial charge in [-0.2, -0.15) is 0 Å². The summed E-state index contributed by atoms with van der Waals surface area (Å²) in [4.78, 5) is 11.1. The van der Waals surface area contributed by atoms with E-state index in [2.05, 4.69) is 6.08 Å². The molecule has 2 aliphatic carbocycles. The Morgan fingerprint density at radius 2 is 2.18 bits per heavy atom. The number of allylic oxidation sites excluding steroid dienone is 2. The largest absolute Gasteiger partial charge is 0.299 e. The van der Waals surface area contributed by atoms with E-state index in [-0.39, 0.29) is 0 Å². The van der Waals surface area contributed by atoms with E-state index in [9.17, 15) is 4.79 Å². The van der Waals surface area contributed by atoms with Crippen molar-refractivity contribution in [3.8, 4) is 0 Å². The first kappa shape index (κ1) is 7.08. The number of carbonyl (C=O) groups excluding carboxylic acids is 1. The van der Waals surface area contributed by atoms with Gasteiger partial charge in [0.1, 0.15) is 5.78 Å². The van der Waals surface area contributed by atoms with Crippen molar-refractivity contribution in [2.45, 2.75) is 38.5 Å². The lowest BCUT2D eigenvalue weighted by Crippen LogP contribution is -2.27. The van der Waals surface area contributed by atoms with E-state index in [1.165, 1.54) is 31.3 Å². The average Bonchev–Trinajstić information content (AvgIpc) is 2.04. The first-order chi connectivity index (χ1) is 5.38. The fraction of sp³-hybridized carbons (Fsp3) is 0.700. The molecule has 0 aliphatic heterocycles. The second-order valence-electron chi connectivity index (χ2n) is 3.58. The second kappa shape index (κ2) is 2.80. The minimum absolute atomic E-state index is 0.357. The van der Waals surface area contributed by atoms with Crippen LogP contribution < -0.4 is 0 Å². The van der Waals surface area contributed by atoms with Crippen LogP contribution in [-0.4, -0.2) is 5.78 Å². The standard InChI is InChI=1S/C10H14O/c11-10-7-6-9(10)8-4-2-1-3-5-8/h4,9H,1-3,5-7H2. The molecular formula is C10H14O. The molecule has 0 aromatic rings. The van der Waals surface area contributed by atoms with E-state index < -0.39 is 0 Å². The van der Waals surface area contributed by atoms with E-state index in [4.69, 9.17) is 0 Å². The van der Waals surface area contributed by atoms with Gasteiger partial charge in [-0.05, 0) is 32.1 Å². The summed E-state index contributed by atoms with van der Waals surface area (Å²) in [6.45, 7) is 0. The van der Waals surface area contributed by atoms with Gasteiger partial charge in [0.15, 0.2) is 0 Å². The molecule has 1 fully saturated rings. The third-order valence-corrected chi connectivity index (χ3v) is 2.84. The lowest BCUT2D eigenvalue weighted by atomic mass is 9.75. The minimum atomic E-state index is 0.357. The van der Waals surface area contributed by atoms with Crippen molar-refractivity contribution in [3.63, 3.8) is 0 Å². The molecule has 0 bridgehead atoms. The van der Waals surface area contributed by atoms with Crippen LogP contribution in [0, 0.1) is 5.92 Å². The summed E-state index contributed by atoms with van der Waals surface area (Å²) in [6, 6.07) is 0. The van der Waals surface area contributed by atoms with Gasteiger partial charge in [0.25, 0.3) is 0 Å². The van der Waals surface area contributed by atoms with Crippen LogP contribution in [0.25, 0.3) is 0 Å². The van der Waals surface area contributed by atoms with Gasteiger partial charge in [-0.1, -0.05) is 11.6 Å². The first-order valence-electron chi connectivity index (χ1n) is 4.59. The van der Waals surface area contributed by atoms with Crippen LogP contribution in [-0.2, 0) is 4.79 Å². The molecule has 2 aliphatic rings. The van der Waals surface area contributed by atoms with Gasteiger partial charge in [-0.3, -0.25) is 4.79 Å². The summed E-state index contributed by atoms with van der Waals surface area (Å²) in [5, 5.41) is 0. The molecule has 2 rings (SSSR count). The van der Waals surface area contributed by atoms with E-state index in [1.807, 2.05) is 0 Å². The normalized spacial score (nSPS) is 31.1. The fourth-order valence-corrected chi connectivity index (χ4v) is 1.98. The predicted octanol–water partition coefficient (Wildman–Crippen LogP) is 2.47. The molecule has 0 heterocycles. The molecule has 1 nitrogen and oxygen atoms in total. The van der Waals surface area contributed by atoms with Gasteiger partial charge in [0, 0.05) is 12.3 Å². The highest BCUT2D eigenvalue weighted by molar-refractivity contribution is 5.89. The highest BCUT2D eigenvalue weighted by atomic mass is 16.1. The lowest BCUT2D eigenvalue weighted by molar-refractivity contribution is -0.127. The molecule has 60 valence electrons. The number of rotatable bonds is 1. The zero-order valence-electron chi connectivity index (χ0n) is 6.81. The van der Waals surface area contributed by atoms with Crippen molar-refractivity contribution in [1.82, 2.24) is 0 Å². The molecular weight excluding hydrogens is 136 g/mol. The molecule has 0 aromatic heterocycles. The second-order valence-corrected chi connectivity index (χ2v) is 3.58. The quantitative estimate of drug-likeness (QED) is 0.525. The molecule has 1 unspecified atom stereocenters. The highest BCUT2D eigenvalue weighted by Gasteiger charge is 2.31. The van der Waals surface area contributed by atoms with Crippen molar-refractivity contribution in [2.75, 3.05) is 0 Å². The third kappa shape index (κ3) is 1.24. The Morgan fingerprint density at radius 1 is 1.27 bits per heavy atom. The predicted molar refractivity (Wildman–Crippen MR) is 44.3 cm³/mol. The maximum Gasteiger partial charge on any atom is 0.140 e. The third-order valence-electron chi connectivity index (χ3n) is 2.84. The molecule has 0 N–H and O–H groups in total. The molecule has 0 spiro atoms. The smallest absolute Gasteiger partial charge is 0.140 e. The van der Waals surface area contributed by atoms with Gasteiger partial charge >= 0.3 is 0 Å². The van der Waals surface area contributed by atoms with Crippen molar-refractivity contribution in [2.24, 2.45) is 5.92 Å². The van der Waals surface area contributed by atoms with Crippen molar-refractivity contribution in [1.29, 1.82) is 0 Å². The monoisotopic (exact) mass is 150 g/mol. The Kier molecular flexibility index (Phi) is 1.80. The molecule has 0 amide bonds. The maximum absolute atomic E-state index is 11.1. The molecule has 11 heavy (non-hydrogen) atoms. The van der Waals surface area contributed by atoms with Gasteiger partial charge in [0.2, 0.25) is 0 Å². The number of carbonyl (C=O) groups is 1. The van der Waals surface area contributed by atoms with Crippen LogP contribution in [0.3, 0.4) is 0 Å². The number of Topliss-reactive ketones (excluding diaryl/α,β-unsaturated/α-hetero) is 1. The highest BCUT2D eigenvalue weighted by Crippen LogP contribution is 2.34. The molecule has 0 saturated heterocycles. The van der Waals surface area contributed by atoms with Crippen molar-refractivity contribution in [3.05, 3.63) is 11.6 Å². The Morgan fingerprint density at radius 3 is 2.64 bits per heavy atom. The van der Waals surface area contributed by atoms with Crippen molar-refractivity contribution >= 4 is 5.78 Å². The summed E-state index contributed by atoms with van der Waals surface area (Å²) in [7, 11) is 0. The number of ketones is 1. The summed E-state index contributed by atoms with van der Waals surface area (Å²) >= 11 is 0. The Labute approximate surface area is 67.5 Å². The fourth-order valence-electron chi connectivity index (χ4n) is 1.98. The molecule has 0 aromatic carbocycles. The van der Waals surface area contributed by atoms with Gasteiger partial charge < -0.3 is 0 Å². The zero-order chi connectivity index (χ0) is 7.68. The average molecular weight is 150 g/mol. The summed E-state index contributed by atoms with van der Waals surface area (Å²) in [5.41, 5.74) is 1.45. The van der Waals surface area contributed by atoms with E-state index in [0.29, 0.717) is 11.7 Å². The topological polar surface area (TPSA) is 17.1 Å². The minimum Gasteiger partial charge on any atom is -0.299 e. The summed E-state index contributed by atoms with van der Waals surface area (Å²) in [5.74, 6) is 0.841. The number of hydrogen-bond acceptors (Lipinski definition) is 1. The SMILES string of the molecule is O=C1CCC1C1=CCCCC1. The van der Waals surface area contributed by atoms with Crippen LogP contribution in [0.4, 0.5) is 0 Å². The van der Waals surface area contributed by atoms with Gasteiger partial charge in [-0.25, -0.2) is 0 Å². The van der Waals surface area contributed by atoms with Gasteiger partial charge in [0.05, 0.1) is 0 Å². The Balaban J connectivity index is 2.03. The van der Waals surface area contributed by atoms with Crippen LogP contribution in [0.1, 0.15) is 38.5 Å². The molecule has 0 radical (unpaired) electrons. The molecule has 1 saturated carbocycles.